The summed E-state index contributed by atoms with van der Waals surface area (Å²) in [5.74, 6) is 0.107. The maximum absolute atomic E-state index is 11.5. The zero-order valence-electron chi connectivity index (χ0n) is 11.0. The quantitative estimate of drug-likeness (QED) is 0.773. The van der Waals surface area contributed by atoms with Crippen LogP contribution in [0.4, 0.5) is 4.79 Å². The van der Waals surface area contributed by atoms with E-state index in [4.69, 9.17) is 9.47 Å². The van der Waals surface area contributed by atoms with Gasteiger partial charge < -0.3 is 9.47 Å². The Labute approximate surface area is 111 Å². The highest BCUT2D eigenvalue weighted by molar-refractivity contribution is 8.14. The molecule has 102 valence electrons. The number of rotatable bonds is 2. The van der Waals surface area contributed by atoms with E-state index in [0.717, 1.165) is 0 Å². The van der Waals surface area contributed by atoms with Gasteiger partial charge in [-0.1, -0.05) is 11.8 Å². The minimum atomic E-state index is -0.571. The Hall–Kier alpha value is -1.24. The summed E-state index contributed by atoms with van der Waals surface area (Å²) in [5, 5.41) is 2.90. The zero-order chi connectivity index (χ0) is 13.8. The first-order chi connectivity index (χ1) is 8.31. The summed E-state index contributed by atoms with van der Waals surface area (Å²) in [6.45, 7) is 7.39. The highest BCUT2D eigenvalue weighted by atomic mass is 32.2. The molecule has 0 radical (unpaired) electrons. The first-order valence-corrected chi connectivity index (χ1v) is 6.67. The molecular formula is C11H18N2O4S. The fourth-order valence-corrected chi connectivity index (χ4v) is 2.08. The fraction of sp³-hybridized carbons (Fsp3) is 0.727. The van der Waals surface area contributed by atoms with Gasteiger partial charge in [0.1, 0.15) is 5.60 Å². The molecule has 1 aliphatic rings. The molecule has 0 aromatic carbocycles. The van der Waals surface area contributed by atoms with Crippen molar-refractivity contribution in [1.82, 2.24) is 5.32 Å². The van der Waals surface area contributed by atoms with Crippen LogP contribution >= 0.6 is 11.8 Å². The Balaban J connectivity index is 2.47. The first-order valence-electron chi connectivity index (χ1n) is 5.69. The number of hydrogen-bond donors (Lipinski definition) is 1. The largest absolute Gasteiger partial charge is 0.464 e. The fourth-order valence-electron chi connectivity index (χ4n) is 1.19. The topological polar surface area (TPSA) is 77.0 Å². The van der Waals surface area contributed by atoms with Gasteiger partial charge in [0.15, 0.2) is 11.2 Å². The van der Waals surface area contributed by atoms with Gasteiger partial charge in [-0.25, -0.2) is 14.6 Å². The number of amides is 1. The number of nitrogens with one attached hydrogen (secondary N) is 1. The predicted molar refractivity (Wildman–Crippen MR) is 69.7 cm³/mol. The number of aliphatic imine (C=N–C) groups is 1. The summed E-state index contributed by atoms with van der Waals surface area (Å²) in [6, 6.07) is -0.542. The molecule has 0 fully saturated rings. The molecule has 1 aliphatic heterocycles. The molecule has 7 heteroatoms. The van der Waals surface area contributed by atoms with E-state index in [-0.39, 0.29) is 5.97 Å². The standard InChI is InChI=1S/C11H18N2O4S/c1-5-16-8(14)7-6-18-9(12-7)13-10(15)17-11(2,3)4/h7H,5-6H2,1-4H3,(H,12,13,15). The maximum atomic E-state index is 11.5. The van der Waals surface area contributed by atoms with E-state index in [9.17, 15) is 9.59 Å². The Bertz CT molecular complexity index is 363. The Morgan fingerprint density at radius 2 is 2.17 bits per heavy atom. The van der Waals surface area contributed by atoms with Crippen molar-refractivity contribution in [2.24, 2.45) is 4.99 Å². The lowest BCUT2D eigenvalue weighted by atomic mass is 10.2. The molecule has 1 atom stereocenters. The summed E-state index contributed by atoms with van der Waals surface area (Å²) in [7, 11) is 0. The lowest BCUT2D eigenvalue weighted by Gasteiger charge is -2.19. The van der Waals surface area contributed by atoms with Crippen LogP contribution in [0.5, 0.6) is 0 Å². The summed E-state index contributed by atoms with van der Waals surface area (Å²) in [6.07, 6.45) is -0.571. The molecule has 18 heavy (non-hydrogen) atoms. The van der Waals surface area contributed by atoms with Crippen LogP contribution in [0.2, 0.25) is 0 Å². The van der Waals surface area contributed by atoms with Gasteiger partial charge in [0.2, 0.25) is 0 Å². The Morgan fingerprint density at radius 1 is 1.50 bits per heavy atom. The van der Waals surface area contributed by atoms with Gasteiger partial charge in [0.05, 0.1) is 6.61 Å². The van der Waals surface area contributed by atoms with Crippen LogP contribution in [0, 0.1) is 0 Å². The molecule has 1 rings (SSSR count). The van der Waals surface area contributed by atoms with E-state index in [1.54, 1.807) is 27.7 Å². The average Bonchev–Trinajstić information content (AvgIpc) is 2.63. The molecule has 0 aliphatic carbocycles. The third kappa shape index (κ3) is 4.95. The number of esters is 1. The van der Waals surface area contributed by atoms with Gasteiger partial charge in [-0.05, 0) is 27.7 Å². The van der Waals surface area contributed by atoms with E-state index >= 15 is 0 Å². The van der Waals surface area contributed by atoms with Crippen molar-refractivity contribution in [2.45, 2.75) is 39.3 Å². The van der Waals surface area contributed by atoms with Crippen molar-refractivity contribution in [3.05, 3.63) is 0 Å². The van der Waals surface area contributed by atoms with Crippen LogP contribution < -0.4 is 5.32 Å². The van der Waals surface area contributed by atoms with Crippen LogP contribution in [0.3, 0.4) is 0 Å². The minimum absolute atomic E-state index is 0.324. The second-order valence-electron chi connectivity index (χ2n) is 4.64. The molecule has 1 unspecified atom stereocenters. The minimum Gasteiger partial charge on any atom is -0.464 e. The summed E-state index contributed by atoms with van der Waals surface area (Å²) < 4.78 is 9.94. The van der Waals surface area contributed by atoms with Crippen molar-refractivity contribution in [3.8, 4) is 0 Å². The zero-order valence-corrected chi connectivity index (χ0v) is 11.8. The van der Waals surface area contributed by atoms with Crippen LogP contribution in [-0.2, 0) is 14.3 Å². The molecule has 0 bridgehead atoms. The third-order valence-electron chi connectivity index (χ3n) is 1.82. The van der Waals surface area contributed by atoms with Gasteiger partial charge in [-0.3, -0.25) is 5.32 Å². The van der Waals surface area contributed by atoms with Gasteiger partial charge in [0, 0.05) is 5.75 Å². The number of amidine groups is 1. The molecule has 0 aromatic rings. The van der Waals surface area contributed by atoms with Crippen molar-refractivity contribution in [1.29, 1.82) is 0 Å². The summed E-state index contributed by atoms with van der Waals surface area (Å²) >= 11 is 1.30. The van der Waals surface area contributed by atoms with Gasteiger partial charge in [0.25, 0.3) is 0 Å². The number of alkyl carbamates (subject to hydrolysis) is 1. The SMILES string of the molecule is CCOC(=O)C1CSC(NC(=O)OC(C)(C)C)=N1. The molecule has 6 nitrogen and oxygen atoms in total. The van der Waals surface area contributed by atoms with E-state index in [0.29, 0.717) is 17.5 Å². The van der Waals surface area contributed by atoms with Crippen molar-refractivity contribution in [2.75, 3.05) is 12.4 Å². The van der Waals surface area contributed by atoms with Crippen molar-refractivity contribution >= 4 is 29.0 Å². The molecule has 1 N–H and O–H groups in total. The summed E-state index contributed by atoms with van der Waals surface area (Å²) in [5.41, 5.74) is -0.561. The van der Waals surface area contributed by atoms with E-state index in [1.807, 2.05) is 0 Å². The van der Waals surface area contributed by atoms with Gasteiger partial charge in [-0.15, -0.1) is 0 Å². The van der Waals surface area contributed by atoms with E-state index in [1.165, 1.54) is 11.8 Å². The Kier molecular flexibility index (Phi) is 5.01. The molecule has 0 aromatic heterocycles. The van der Waals surface area contributed by atoms with E-state index in [2.05, 4.69) is 10.3 Å². The molecule has 0 saturated heterocycles. The number of carbonyl (C=O) groups is 2. The third-order valence-corrected chi connectivity index (χ3v) is 2.78. The first kappa shape index (κ1) is 14.8. The normalized spacial score (nSPS) is 19.1. The van der Waals surface area contributed by atoms with Crippen LogP contribution in [0.1, 0.15) is 27.7 Å². The number of thioether (sulfide) groups is 1. The number of nitrogens with zero attached hydrogens (tertiary/aromatic N) is 1. The summed E-state index contributed by atoms with van der Waals surface area (Å²) in [4.78, 5) is 27.0. The number of ether oxygens (including phenoxy) is 2. The number of carbonyl (C=O) groups excluding carboxylic acids is 2. The molecule has 1 heterocycles. The average molecular weight is 274 g/mol. The Morgan fingerprint density at radius 3 is 2.72 bits per heavy atom. The highest BCUT2D eigenvalue weighted by Gasteiger charge is 2.28. The maximum Gasteiger partial charge on any atom is 0.413 e. The molecular weight excluding hydrogens is 256 g/mol. The predicted octanol–water partition coefficient (Wildman–Crippen LogP) is 1.55. The lowest BCUT2D eigenvalue weighted by Crippen LogP contribution is -2.34. The monoisotopic (exact) mass is 274 g/mol. The highest BCUT2D eigenvalue weighted by Crippen LogP contribution is 2.18. The van der Waals surface area contributed by atoms with Gasteiger partial charge in [-0.2, -0.15) is 0 Å². The smallest absolute Gasteiger partial charge is 0.413 e. The van der Waals surface area contributed by atoms with Crippen molar-refractivity contribution < 1.29 is 19.1 Å². The van der Waals surface area contributed by atoms with Crippen LogP contribution in [-0.4, -0.2) is 41.2 Å². The number of hydrogen-bond acceptors (Lipinski definition) is 6. The van der Waals surface area contributed by atoms with Crippen LogP contribution in [0.15, 0.2) is 4.99 Å². The van der Waals surface area contributed by atoms with Gasteiger partial charge >= 0.3 is 12.1 Å². The van der Waals surface area contributed by atoms with Crippen LogP contribution in [0.25, 0.3) is 0 Å². The van der Waals surface area contributed by atoms with Crippen molar-refractivity contribution in [3.63, 3.8) is 0 Å². The lowest BCUT2D eigenvalue weighted by molar-refractivity contribution is -0.143. The second kappa shape index (κ2) is 6.08. The van der Waals surface area contributed by atoms with E-state index < -0.39 is 17.7 Å². The molecule has 1 amide bonds. The molecule has 0 saturated carbocycles. The second-order valence-corrected chi connectivity index (χ2v) is 5.65. The molecule has 0 spiro atoms.